The van der Waals surface area contributed by atoms with E-state index in [2.05, 4.69) is 0 Å². The first-order chi connectivity index (χ1) is 1.73. The van der Waals surface area contributed by atoms with Crippen molar-refractivity contribution in [2.75, 3.05) is 0 Å². The van der Waals surface area contributed by atoms with Gasteiger partial charge in [0.15, 0.2) is 0 Å². The molecule has 0 atom stereocenters. The SMILES string of the molecule is [Cr].[OH][Bi]([OH])[OH]. The van der Waals surface area contributed by atoms with Gasteiger partial charge in [0.1, 0.15) is 0 Å². The normalized spacial score (nSPS) is 7.20. The van der Waals surface area contributed by atoms with Gasteiger partial charge >= 0.3 is 32.6 Å². The third kappa shape index (κ3) is 34.3. The molecular formula is H3BiCrO3. The average molecular weight is 312 g/mol. The molecule has 0 saturated heterocycles. The molecule has 0 aliphatic heterocycles. The van der Waals surface area contributed by atoms with Crippen molar-refractivity contribution < 1.29 is 26.9 Å². The van der Waals surface area contributed by atoms with E-state index in [1.807, 2.05) is 0 Å². The van der Waals surface area contributed by atoms with E-state index in [0.717, 1.165) is 0 Å². The van der Waals surface area contributed by atoms with Crippen LogP contribution in [-0.4, -0.2) is 32.6 Å². The molecule has 0 aromatic carbocycles. The van der Waals surface area contributed by atoms with E-state index in [1.165, 1.54) is 0 Å². The molecule has 0 heterocycles. The zero-order valence-corrected chi connectivity index (χ0v) is 6.95. The van der Waals surface area contributed by atoms with Gasteiger partial charge in [-0.05, 0) is 0 Å². The monoisotopic (exact) mass is 312 g/mol. The molecule has 0 unspecified atom stereocenters. The Balaban J connectivity index is 0. The van der Waals surface area contributed by atoms with Crippen molar-refractivity contribution in [1.82, 2.24) is 0 Å². The number of rotatable bonds is 0. The summed E-state index contributed by atoms with van der Waals surface area (Å²) >= 11 is -3.59. The van der Waals surface area contributed by atoms with Gasteiger partial charge in [-0.2, -0.15) is 0 Å². The van der Waals surface area contributed by atoms with Crippen molar-refractivity contribution in [2.45, 2.75) is 0 Å². The molecule has 5 heteroatoms. The minimum atomic E-state index is -3.59. The van der Waals surface area contributed by atoms with Gasteiger partial charge < -0.3 is 0 Å². The van der Waals surface area contributed by atoms with Crippen molar-refractivity contribution in [1.29, 1.82) is 0 Å². The molecule has 32 valence electrons. The maximum atomic E-state index is 7.37. The van der Waals surface area contributed by atoms with Gasteiger partial charge in [0.05, 0.1) is 0 Å². The van der Waals surface area contributed by atoms with Crippen molar-refractivity contribution in [3.8, 4) is 0 Å². The Morgan fingerprint density at radius 2 is 1.00 bits per heavy atom. The van der Waals surface area contributed by atoms with Crippen LogP contribution in [0.1, 0.15) is 0 Å². The molecule has 0 amide bonds. The van der Waals surface area contributed by atoms with Crippen LogP contribution in [-0.2, 0) is 17.4 Å². The Bertz CT molecular complexity index is 11.6. The fourth-order valence-electron chi connectivity index (χ4n) is 0. The summed E-state index contributed by atoms with van der Waals surface area (Å²) < 4.78 is 22.1. The molecule has 0 aliphatic rings. The van der Waals surface area contributed by atoms with Crippen molar-refractivity contribution in [2.24, 2.45) is 0 Å². The van der Waals surface area contributed by atoms with Crippen LogP contribution in [0.2, 0.25) is 0 Å². The minimum absolute atomic E-state index is 0. The predicted octanol–water partition coefficient (Wildman–Crippen LogP) is -2.05. The quantitative estimate of drug-likeness (QED) is 0.451. The Morgan fingerprint density at radius 3 is 1.00 bits per heavy atom. The molecule has 0 spiro atoms. The van der Waals surface area contributed by atoms with E-state index in [1.54, 1.807) is 0 Å². The summed E-state index contributed by atoms with van der Waals surface area (Å²) in [6.45, 7) is 0. The van der Waals surface area contributed by atoms with Gasteiger partial charge in [-0.15, -0.1) is 0 Å². The van der Waals surface area contributed by atoms with Crippen LogP contribution in [0.5, 0.6) is 0 Å². The summed E-state index contributed by atoms with van der Waals surface area (Å²) in [5.41, 5.74) is 0. The zero-order chi connectivity index (χ0) is 3.58. The molecule has 0 aliphatic carbocycles. The summed E-state index contributed by atoms with van der Waals surface area (Å²) in [6, 6.07) is 0. The van der Waals surface area contributed by atoms with Crippen LogP contribution < -0.4 is 0 Å². The third-order valence-corrected chi connectivity index (χ3v) is 0. The van der Waals surface area contributed by atoms with E-state index < -0.39 is 23.1 Å². The summed E-state index contributed by atoms with van der Waals surface area (Å²) in [4.78, 5) is 0. The topological polar surface area (TPSA) is 60.7 Å². The summed E-state index contributed by atoms with van der Waals surface area (Å²) in [7, 11) is 0. The van der Waals surface area contributed by atoms with Crippen molar-refractivity contribution >= 4 is 23.1 Å². The van der Waals surface area contributed by atoms with Gasteiger partial charge in [-0.25, -0.2) is 0 Å². The van der Waals surface area contributed by atoms with E-state index >= 15 is 0 Å². The van der Waals surface area contributed by atoms with E-state index in [0.29, 0.717) is 0 Å². The van der Waals surface area contributed by atoms with Crippen LogP contribution in [0.25, 0.3) is 0 Å². The van der Waals surface area contributed by atoms with Gasteiger partial charge in [-0.1, -0.05) is 0 Å². The third-order valence-electron chi connectivity index (χ3n) is 0. The second-order valence-corrected chi connectivity index (χ2v) is 2.35. The molecule has 3 N–H and O–H groups in total. The zero-order valence-electron chi connectivity index (χ0n) is 2.20. The fourth-order valence-corrected chi connectivity index (χ4v) is 0. The Hall–Kier alpha value is 1.30. The number of hydrogen-bond acceptors (Lipinski definition) is 3. The van der Waals surface area contributed by atoms with Gasteiger partial charge in [0, 0.05) is 17.4 Å². The van der Waals surface area contributed by atoms with Crippen LogP contribution >= 0.6 is 0 Å². The molecule has 0 bridgehead atoms. The van der Waals surface area contributed by atoms with E-state index in [9.17, 15) is 0 Å². The Labute approximate surface area is 49.9 Å². The molecule has 0 aromatic rings. The fraction of sp³-hybridized carbons (Fsp3) is 0. The van der Waals surface area contributed by atoms with Crippen LogP contribution in [0, 0.1) is 0 Å². The molecule has 0 saturated carbocycles. The molecule has 0 rings (SSSR count). The Morgan fingerprint density at radius 1 is 1.00 bits per heavy atom. The van der Waals surface area contributed by atoms with Crippen molar-refractivity contribution in [3.05, 3.63) is 0 Å². The first-order valence-corrected chi connectivity index (χ1v) is 5.26. The van der Waals surface area contributed by atoms with Gasteiger partial charge in [0.2, 0.25) is 0 Å². The molecule has 0 aromatic heterocycles. The Kier molecular flexibility index (Phi) is 10.1. The summed E-state index contributed by atoms with van der Waals surface area (Å²) in [5, 5.41) is 0. The second kappa shape index (κ2) is 5.30. The standard InChI is InChI=1S/Bi.Cr.3H2O/h;;3*1H2/q+3;;;;/p-3. The summed E-state index contributed by atoms with van der Waals surface area (Å²) in [6.07, 6.45) is 0. The molecule has 3 nitrogen and oxygen atoms in total. The average Bonchev–Trinajstić information content (AvgIpc) is 0.811. The van der Waals surface area contributed by atoms with E-state index in [4.69, 9.17) is 9.55 Å². The van der Waals surface area contributed by atoms with Gasteiger partial charge in [-0.3, -0.25) is 0 Å². The first kappa shape index (κ1) is 9.57. The first-order valence-electron chi connectivity index (χ1n) is 0.600. The molecular weight excluding hydrogens is 309 g/mol. The van der Waals surface area contributed by atoms with E-state index in [-0.39, 0.29) is 17.4 Å². The van der Waals surface area contributed by atoms with Crippen molar-refractivity contribution in [3.63, 3.8) is 0 Å². The molecule has 0 radical (unpaired) electrons. The van der Waals surface area contributed by atoms with Crippen LogP contribution in [0.4, 0.5) is 0 Å². The maximum absolute atomic E-state index is 7.37. The number of hydrogen-bond donors (Lipinski definition) is 3. The molecule has 5 heavy (non-hydrogen) atoms. The predicted molar refractivity (Wildman–Crippen MR) is 12.4 cm³/mol. The van der Waals surface area contributed by atoms with Crippen LogP contribution in [0.3, 0.4) is 0 Å². The van der Waals surface area contributed by atoms with Gasteiger partial charge in [0.25, 0.3) is 0 Å². The van der Waals surface area contributed by atoms with Crippen LogP contribution in [0.15, 0.2) is 0 Å². The summed E-state index contributed by atoms with van der Waals surface area (Å²) in [5.74, 6) is 0. The molecule has 0 fully saturated rings. The second-order valence-electron chi connectivity index (χ2n) is 0.268.